The third kappa shape index (κ3) is 38.5. The second-order valence-electron chi connectivity index (χ2n) is 36.7. The summed E-state index contributed by atoms with van der Waals surface area (Å²) in [7, 11) is 0. The summed E-state index contributed by atoms with van der Waals surface area (Å²) in [5.41, 5.74) is 38.4. The highest BCUT2D eigenvalue weighted by atomic mass is 32.2. The van der Waals surface area contributed by atoms with Crippen molar-refractivity contribution >= 4 is 142 Å². The van der Waals surface area contributed by atoms with E-state index in [4.69, 9.17) is 112 Å². The summed E-state index contributed by atoms with van der Waals surface area (Å²) in [6, 6.07) is 11.3. The number of guanidine groups is 7. The fourth-order valence-electron chi connectivity index (χ4n) is 17.8. The molecule has 150 heavy (non-hydrogen) atoms. The van der Waals surface area contributed by atoms with Crippen LogP contribution in [0.25, 0.3) is 0 Å². The van der Waals surface area contributed by atoms with Crippen LogP contribution >= 0.6 is 11.8 Å². The lowest BCUT2D eigenvalue weighted by Crippen LogP contribution is -2.80. The van der Waals surface area contributed by atoms with Crippen molar-refractivity contribution in [1.29, 1.82) is 37.9 Å². The van der Waals surface area contributed by atoms with Crippen LogP contribution in [-0.4, -0.2) is 301 Å². The summed E-state index contributed by atoms with van der Waals surface area (Å²) in [5, 5.41) is 120. The number of rotatable bonds is 59. The predicted molar refractivity (Wildman–Crippen MR) is 552 cm³/mol. The minimum atomic E-state index is -2.54. The van der Waals surface area contributed by atoms with Gasteiger partial charge in [0.2, 0.25) is 53.4 Å². The second kappa shape index (κ2) is 60.9. The average Bonchev–Trinajstić information content (AvgIpc) is 0.676. The quantitative estimate of drug-likeness (QED) is 0.00634. The van der Waals surface area contributed by atoms with Gasteiger partial charge in [0.05, 0.1) is 41.4 Å². The Labute approximate surface area is 872 Å². The number of hydrogen-bond acceptors (Lipinski definition) is 31. The van der Waals surface area contributed by atoms with Crippen molar-refractivity contribution in [3.05, 3.63) is 119 Å². The molecular weight excluding hydrogens is 1970 g/mol. The topological polar surface area (TPSA) is 907 Å². The number of ketones is 1. The normalized spacial score (nSPS) is 20.6. The van der Waals surface area contributed by atoms with E-state index in [9.17, 15) is 58.2 Å². The van der Waals surface area contributed by atoms with Crippen LogP contribution in [0.5, 0.6) is 0 Å². The summed E-state index contributed by atoms with van der Waals surface area (Å²) >= 11 is 0.811. The van der Waals surface area contributed by atoms with E-state index in [1.807, 2.05) is 13.8 Å². The average molecular weight is 2120 g/mol. The summed E-state index contributed by atoms with van der Waals surface area (Å²) in [6.07, 6.45) is -13.9. The molecule has 3 aromatic carbocycles. The Hall–Kier alpha value is -15.2. The highest BCUT2D eigenvalue weighted by molar-refractivity contribution is 7.99. The number of aliphatic hydroxyl groups is 2. The highest BCUT2D eigenvalue weighted by Crippen LogP contribution is 2.61. The number of Topliss-reactive ketones (excluding diaryl/α,β-unsaturated/α-hetero) is 1. The number of esters is 5. The summed E-state index contributed by atoms with van der Waals surface area (Å²) in [6.45, 7) is 9.72. The molecular formula is C96H148N30O23S. The van der Waals surface area contributed by atoms with Gasteiger partial charge in [0.1, 0.15) is 66.2 Å². The molecule has 0 aromatic heterocycles. The standard InChI is InChI=1S/C94H142N30O23S.C2H6/c1-49(46-148-47-68(128)145-70(64(42-53-22-9-6-10-23-53)124-76(132)54-24-11-7-12-25-54)84(140)144-65-45-93(141)44-56(50(65)2)69(143-51(3)125)72(129)92(5)66(127)43-67-94(48-142-67,147-52(4)126)71(92)73(93)146-83(139)55-26-13-8-14-27-55)75(131)118-58(29-16-36-111-86(98)99)78(134)120-60(31-18-38-113-88(102)103)80(136)122-62(33-20-40-115-90(106)107)82(138)123-63(34-21-41-116-91(108)109)81(137)121-61(32-19-39-114-89(104)105)79(135)119-59(30-17-37-112-87(100)101)77(133)117-57(74(95)130)28-15-35-110-85(96)97;1-2/h6-14,22-27,49,57-67,69-71,73,127,141H,15-21,28-48H2,1-5H3,(H2,95,130)(H,117,133)(H,118,131)(H,119,135)(H,120,134)(H,121,137)(H,122,136)(H,123,138)(H,124,132)(H4,96,97,110)(H4,98,99,111)(H4,100,101,112)(H4,102,103,113)(H4,104,105,114)(H4,106,107,115)(H4,108,109,116);1-2H3/t49-,57+,58+,59+,60+,61+,62+,63+,64-,65-,66-,67+,69+,70+,71-,73-,92+,93+,94-;/m0./s1. The first kappa shape index (κ1) is 123. The molecule has 1 aliphatic heterocycles. The Morgan fingerprint density at radius 3 is 1.20 bits per heavy atom. The Morgan fingerprint density at radius 1 is 0.487 bits per heavy atom. The van der Waals surface area contributed by atoms with Crippen LogP contribution in [0.4, 0.5) is 0 Å². The summed E-state index contributed by atoms with van der Waals surface area (Å²) < 4.78 is 37.0. The van der Waals surface area contributed by atoms with Crippen molar-refractivity contribution in [2.45, 2.75) is 260 Å². The zero-order chi connectivity index (χ0) is 111. The lowest BCUT2D eigenvalue weighted by Gasteiger charge is -2.65. The van der Waals surface area contributed by atoms with Crippen LogP contribution in [-0.2, 0) is 97.2 Å². The lowest BCUT2D eigenvalue weighted by molar-refractivity contribution is -0.340. The van der Waals surface area contributed by atoms with E-state index in [0.717, 1.165) is 25.6 Å². The number of benzene rings is 3. The molecule has 7 rings (SSSR count). The first-order valence-corrected chi connectivity index (χ1v) is 50.5. The molecule has 53 nitrogen and oxygen atoms in total. The number of nitrogens with two attached hydrogens (primary N) is 8. The highest BCUT2D eigenvalue weighted by Gasteiger charge is 2.76. The van der Waals surface area contributed by atoms with Crippen molar-refractivity contribution < 1.29 is 111 Å². The third-order valence-corrected chi connectivity index (χ3v) is 26.5. The van der Waals surface area contributed by atoms with Crippen molar-refractivity contribution in [1.82, 2.24) is 79.8 Å². The number of fused-ring (bicyclic) bond motifs is 5. The first-order chi connectivity index (χ1) is 71.1. The molecule has 0 radical (unpaired) electrons. The van der Waals surface area contributed by atoms with Crippen molar-refractivity contribution in [2.24, 2.45) is 63.1 Å². The second-order valence-corrected chi connectivity index (χ2v) is 37.7. The van der Waals surface area contributed by atoms with E-state index in [1.54, 1.807) is 54.6 Å². The van der Waals surface area contributed by atoms with Gasteiger partial charge in [0.15, 0.2) is 59.2 Å². The van der Waals surface area contributed by atoms with E-state index in [1.165, 1.54) is 57.2 Å². The Morgan fingerprint density at radius 2 is 0.847 bits per heavy atom. The van der Waals surface area contributed by atoms with Gasteiger partial charge < -0.3 is 164 Å². The maximum Gasteiger partial charge on any atom is 0.350 e. The zero-order valence-corrected chi connectivity index (χ0v) is 86.0. The number of primary amides is 1. The molecule has 826 valence electrons. The zero-order valence-electron chi connectivity index (χ0n) is 85.2. The molecule has 1 heterocycles. The number of amides is 9. The van der Waals surface area contributed by atoms with E-state index in [0.29, 0.717) is 5.56 Å². The number of carbonyl (C=O) groups is 15. The van der Waals surface area contributed by atoms with Crippen LogP contribution < -0.4 is 126 Å². The van der Waals surface area contributed by atoms with Crippen LogP contribution in [0.1, 0.15) is 184 Å². The molecule has 1 saturated heterocycles. The number of hydrogen-bond donors (Lipinski definition) is 32. The molecule has 9 amide bonds. The van der Waals surface area contributed by atoms with Gasteiger partial charge in [0, 0.05) is 96.2 Å². The van der Waals surface area contributed by atoms with Crippen LogP contribution in [0.3, 0.4) is 0 Å². The molecule has 40 N–H and O–H groups in total. The largest absolute Gasteiger partial charge is 0.455 e. The van der Waals surface area contributed by atoms with Gasteiger partial charge in [-0.25, -0.2) is 9.59 Å². The number of ether oxygens (including phenoxy) is 6. The van der Waals surface area contributed by atoms with E-state index >= 15 is 24.0 Å². The number of nitrogens with one attached hydrogen (secondary N) is 22. The maximum absolute atomic E-state index is 15.9. The molecule has 3 fully saturated rings. The van der Waals surface area contributed by atoms with E-state index < -0.39 is 263 Å². The molecule has 0 spiro atoms. The van der Waals surface area contributed by atoms with E-state index in [2.05, 4.69) is 79.8 Å². The van der Waals surface area contributed by atoms with Gasteiger partial charge in [0.25, 0.3) is 5.91 Å². The third-order valence-electron chi connectivity index (χ3n) is 25.3. The minimum Gasteiger partial charge on any atom is -0.455 e. The Kier molecular flexibility index (Phi) is 50.1. The lowest BCUT2D eigenvalue weighted by atomic mass is 9.48. The first-order valence-electron chi connectivity index (χ1n) is 49.3. The van der Waals surface area contributed by atoms with Crippen LogP contribution in [0.2, 0.25) is 0 Å². The van der Waals surface area contributed by atoms with Gasteiger partial charge in [-0.3, -0.25) is 100 Å². The van der Waals surface area contributed by atoms with Crippen molar-refractivity contribution in [2.75, 3.05) is 63.9 Å². The SMILES string of the molecule is CC.CC(=O)O[C@H]1C(=O)[C@@]2(C)[C@H]([C@H](OC(=O)c3ccccc3)[C@@]3(O)CC1=C(C)[C@@H](OC(=O)[C@H](OC(=O)CSC[C@H](C)C(=O)N[C@H](CCCNC(=N)N)C(=O)N[C@H](CCCNC(=N)N)C(=O)N[C@H](CCCNC(=N)N)C(=O)N[C@H](CCCNC(=N)N)C(=O)N[C@H](CCCNC(=N)N)C(=O)N[C@H](CCCNC(=N)N)C(=O)N[C@H](CCCNC(=N)N)C(N)=O)[C@H](Cc1ccccc1)NC(=O)c1ccccc1)C3)[C@]1(OC(C)=O)CO[C@@H]1C[C@@H]2O. The van der Waals surface area contributed by atoms with Crippen LogP contribution in [0.15, 0.2) is 102 Å². The molecule has 3 aromatic rings. The summed E-state index contributed by atoms with van der Waals surface area (Å²) in [4.78, 5) is 219. The molecule has 3 aliphatic carbocycles. The molecule has 0 unspecified atom stereocenters. The maximum atomic E-state index is 15.9. The van der Waals surface area contributed by atoms with Gasteiger partial charge >= 0.3 is 29.8 Å². The Balaban J connectivity index is 0.0000171. The monoisotopic (exact) mass is 2120 g/mol. The predicted octanol–water partition coefficient (Wildman–Crippen LogP) is -4.36. The van der Waals surface area contributed by atoms with Crippen molar-refractivity contribution in [3.63, 3.8) is 0 Å². The molecule has 2 bridgehead atoms. The Bertz CT molecular complexity index is 5250. The minimum absolute atomic E-state index is 0.00884. The number of thioether (sulfide) groups is 1. The van der Waals surface area contributed by atoms with Gasteiger partial charge in [-0.2, -0.15) is 0 Å². The fourth-order valence-corrected chi connectivity index (χ4v) is 18.7. The smallest absolute Gasteiger partial charge is 0.350 e. The van der Waals surface area contributed by atoms with E-state index in [-0.39, 0.29) is 183 Å². The fraction of sp³-hybridized carbons (Fsp3) is 0.562. The molecule has 54 heteroatoms. The van der Waals surface area contributed by atoms with Gasteiger partial charge in [-0.15, -0.1) is 11.8 Å². The van der Waals surface area contributed by atoms with Crippen molar-refractivity contribution in [3.8, 4) is 0 Å². The number of carbonyl (C=O) groups excluding carboxylic acids is 15. The molecule has 19 atom stereocenters. The van der Waals surface area contributed by atoms with Gasteiger partial charge in [-0.1, -0.05) is 87.5 Å². The molecule has 2 saturated carbocycles. The summed E-state index contributed by atoms with van der Waals surface area (Å²) in [5.74, 6) is -21.7. The molecule has 4 aliphatic rings. The van der Waals surface area contributed by atoms with Crippen LogP contribution in [0, 0.1) is 55.1 Å². The van der Waals surface area contributed by atoms with Gasteiger partial charge in [-0.05, 0) is 151 Å². The number of aliphatic hydroxyl groups excluding tert-OH is 1.